The Morgan fingerprint density at radius 1 is 1.27 bits per heavy atom. The second kappa shape index (κ2) is 4.10. The van der Waals surface area contributed by atoms with Crippen LogP contribution in [0, 0.1) is 0 Å². The van der Waals surface area contributed by atoms with Crippen molar-refractivity contribution in [3.63, 3.8) is 0 Å². The lowest BCUT2D eigenvalue weighted by Gasteiger charge is -2.19. The van der Waals surface area contributed by atoms with E-state index in [1.54, 1.807) is 30.3 Å². The summed E-state index contributed by atoms with van der Waals surface area (Å²) in [5, 5.41) is 18.3. The molecule has 0 fully saturated rings. The number of aliphatic hydroxyl groups is 1. The van der Waals surface area contributed by atoms with E-state index in [0.29, 0.717) is 5.56 Å². The van der Waals surface area contributed by atoms with Gasteiger partial charge in [0.05, 0.1) is 0 Å². The minimum absolute atomic E-state index is 0.335. The highest BCUT2D eigenvalue weighted by atomic mass is 16.4. The summed E-state index contributed by atoms with van der Waals surface area (Å²) in [5.74, 6) is -2.90. The minimum atomic E-state index is -2.54. The Kier molecular flexibility index (Phi) is 3.06. The summed E-state index contributed by atoms with van der Waals surface area (Å²) in [6.07, 6.45) is -0.335. The molecule has 1 rings (SSSR count). The number of carboxylic acids is 1. The van der Waals surface area contributed by atoms with Gasteiger partial charge < -0.3 is 15.9 Å². The average molecular weight is 209 g/mol. The van der Waals surface area contributed by atoms with Crippen molar-refractivity contribution < 1.29 is 19.8 Å². The SMILES string of the molecule is NC(=O)[C@](O)(Cc1ccccc1)C(=O)O. The van der Waals surface area contributed by atoms with Gasteiger partial charge in [-0.3, -0.25) is 4.79 Å². The Labute approximate surface area is 86.1 Å². The molecule has 15 heavy (non-hydrogen) atoms. The molecule has 0 radical (unpaired) electrons. The number of hydrogen-bond donors (Lipinski definition) is 3. The number of aliphatic carboxylic acids is 1. The van der Waals surface area contributed by atoms with Crippen LogP contribution in [0.25, 0.3) is 0 Å². The van der Waals surface area contributed by atoms with Gasteiger partial charge in [-0.1, -0.05) is 30.3 Å². The largest absolute Gasteiger partial charge is 0.479 e. The quantitative estimate of drug-likeness (QED) is 0.583. The number of amides is 1. The van der Waals surface area contributed by atoms with Crippen molar-refractivity contribution in [1.82, 2.24) is 0 Å². The smallest absolute Gasteiger partial charge is 0.346 e. The van der Waals surface area contributed by atoms with Crippen LogP contribution in [0.15, 0.2) is 30.3 Å². The third kappa shape index (κ3) is 2.32. The molecule has 0 bridgehead atoms. The fourth-order valence-electron chi connectivity index (χ4n) is 1.16. The van der Waals surface area contributed by atoms with Gasteiger partial charge in [0, 0.05) is 6.42 Å². The maximum atomic E-state index is 10.9. The summed E-state index contributed by atoms with van der Waals surface area (Å²) < 4.78 is 0. The van der Waals surface area contributed by atoms with Gasteiger partial charge in [0.1, 0.15) is 0 Å². The Hall–Kier alpha value is -1.88. The molecule has 0 aliphatic carbocycles. The first-order valence-corrected chi connectivity index (χ1v) is 4.26. The molecule has 0 aliphatic heterocycles. The molecule has 0 heterocycles. The van der Waals surface area contributed by atoms with Crippen LogP contribution in [-0.4, -0.2) is 27.7 Å². The molecule has 0 unspecified atom stereocenters. The van der Waals surface area contributed by atoms with Crippen molar-refractivity contribution in [2.45, 2.75) is 12.0 Å². The maximum absolute atomic E-state index is 10.9. The first-order valence-electron chi connectivity index (χ1n) is 4.26. The van der Waals surface area contributed by atoms with Crippen molar-refractivity contribution in [2.24, 2.45) is 5.73 Å². The highest BCUT2D eigenvalue weighted by Crippen LogP contribution is 2.13. The standard InChI is InChI=1S/C10H11NO4/c11-8(12)10(15,9(13)14)6-7-4-2-1-3-5-7/h1-5,15H,6H2,(H2,11,12)(H,13,14)/t10-/m1/s1. The van der Waals surface area contributed by atoms with Crippen molar-refractivity contribution >= 4 is 11.9 Å². The number of carbonyl (C=O) groups excluding carboxylic acids is 1. The van der Waals surface area contributed by atoms with Crippen LogP contribution in [0.2, 0.25) is 0 Å². The monoisotopic (exact) mass is 209 g/mol. The molecule has 1 aromatic carbocycles. The van der Waals surface area contributed by atoms with E-state index in [1.807, 2.05) is 0 Å². The fraction of sp³-hybridized carbons (Fsp3) is 0.200. The van der Waals surface area contributed by atoms with E-state index >= 15 is 0 Å². The van der Waals surface area contributed by atoms with Crippen LogP contribution in [0.1, 0.15) is 5.56 Å². The molecule has 1 aromatic rings. The number of carboxylic acid groups (broad SMARTS) is 1. The lowest BCUT2D eigenvalue weighted by molar-refractivity contribution is -0.164. The number of benzene rings is 1. The predicted octanol–water partition coefficient (Wildman–Crippen LogP) is -0.470. The summed E-state index contributed by atoms with van der Waals surface area (Å²) >= 11 is 0. The van der Waals surface area contributed by atoms with Crippen LogP contribution in [0.3, 0.4) is 0 Å². The van der Waals surface area contributed by atoms with Crippen LogP contribution >= 0.6 is 0 Å². The van der Waals surface area contributed by atoms with Gasteiger partial charge >= 0.3 is 5.97 Å². The van der Waals surface area contributed by atoms with Crippen LogP contribution in [-0.2, 0) is 16.0 Å². The zero-order valence-electron chi connectivity index (χ0n) is 7.88. The van der Waals surface area contributed by atoms with Gasteiger partial charge in [-0.25, -0.2) is 4.79 Å². The molecule has 5 nitrogen and oxygen atoms in total. The first kappa shape index (κ1) is 11.2. The van der Waals surface area contributed by atoms with Crippen molar-refractivity contribution in [1.29, 1.82) is 0 Å². The highest BCUT2D eigenvalue weighted by molar-refractivity contribution is 6.04. The molecule has 4 N–H and O–H groups in total. The molecular formula is C10H11NO4. The summed E-state index contributed by atoms with van der Waals surface area (Å²) in [6.45, 7) is 0. The van der Waals surface area contributed by atoms with Gasteiger partial charge in [-0.05, 0) is 5.56 Å². The van der Waals surface area contributed by atoms with Crippen LogP contribution < -0.4 is 5.73 Å². The number of primary amides is 1. The Balaban J connectivity index is 2.95. The van der Waals surface area contributed by atoms with E-state index in [1.165, 1.54) is 0 Å². The Morgan fingerprint density at radius 2 is 1.80 bits per heavy atom. The summed E-state index contributed by atoms with van der Waals surface area (Å²) in [4.78, 5) is 21.6. The summed E-state index contributed by atoms with van der Waals surface area (Å²) in [5.41, 5.74) is 2.84. The molecule has 5 heteroatoms. The predicted molar refractivity (Wildman–Crippen MR) is 51.9 cm³/mol. The van der Waals surface area contributed by atoms with E-state index in [9.17, 15) is 14.7 Å². The molecule has 0 saturated heterocycles. The van der Waals surface area contributed by atoms with E-state index in [0.717, 1.165) is 0 Å². The highest BCUT2D eigenvalue weighted by Gasteiger charge is 2.42. The second-order valence-electron chi connectivity index (χ2n) is 3.19. The molecule has 0 saturated carbocycles. The number of carbonyl (C=O) groups is 2. The van der Waals surface area contributed by atoms with E-state index in [4.69, 9.17) is 10.8 Å². The van der Waals surface area contributed by atoms with Gasteiger partial charge in [-0.2, -0.15) is 0 Å². The minimum Gasteiger partial charge on any atom is -0.479 e. The molecule has 0 spiro atoms. The lowest BCUT2D eigenvalue weighted by atomic mass is 9.94. The summed E-state index contributed by atoms with van der Waals surface area (Å²) in [7, 11) is 0. The first-order chi connectivity index (χ1) is 6.97. The molecule has 1 amide bonds. The second-order valence-corrected chi connectivity index (χ2v) is 3.19. The van der Waals surface area contributed by atoms with Gasteiger partial charge in [-0.15, -0.1) is 0 Å². The Morgan fingerprint density at radius 3 is 2.20 bits per heavy atom. The third-order valence-corrected chi connectivity index (χ3v) is 2.06. The van der Waals surface area contributed by atoms with Crippen molar-refractivity contribution in [3.05, 3.63) is 35.9 Å². The van der Waals surface area contributed by atoms with Crippen LogP contribution in [0.4, 0.5) is 0 Å². The van der Waals surface area contributed by atoms with Crippen molar-refractivity contribution in [3.8, 4) is 0 Å². The summed E-state index contributed by atoms with van der Waals surface area (Å²) in [6, 6.07) is 8.32. The van der Waals surface area contributed by atoms with Gasteiger partial charge in [0.2, 0.25) is 5.60 Å². The topological polar surface area (TPSA) is 101 Å². The van der Waals surface area contributed by atoms with Crippen LogP contribution in [0.5, 0.6) is 0 Å². The molecule has 0 aromatic heterocycles. The number of rotatable bonds is 4. The molecule has 1 atom stereocenters. The average Bonchev–Trinajstić information content (AvgIpc) is 2.18. The number of hydrogen-bond acceptors (Lipinski definition) is 3. The normalized spacial score (nSPS) is 14.2. The maximum Gasteiger partial charge on any atom is 0.346 e. The van der Waals surface area contributed by atoms with E-state index in [2.05, 4.69) is 0 Å². The van der Waals surface area contributed by atoms with Gasteiger partial charge in [0.15, 0.2) is 0 Å². The Bertz CT molecular complexity index is 360. The zero-order chi connectivity index (χ0) is 11.5. The van der Waals surface area contributed by atoms with E-state index < -0.39 is 17.5 Å². The zero-order valence-corrected chi connectivity index (χ0v) is 7.88. The third-order valence-electron chi connectivity index (χ3n) is 2.06. The van der Waals surface area contributed by atoms with E-state index in [-0.39, 0.29) is 6.42 Å². The number of nitrogens with two attached hydrogens (primary N) is 1. The molecule has 0 aliphatic rings. The molecule has 80 valence electrons. The van der Waals surface area contributed by atoms with Gasteiger partial charge in [0.25, 0.3) is 5.91 Å². The fourth-order valence-corrected chi connectivity index (χ4v) is 1.16. The lowest BCUT2D eigenvalue weighted by Crippen LogP contribution is -2.52. The van der Waals surface area contributed by atoms with Crippen molar-refractivity contribution in [2.75, 3.05) is 0 Å². The molecular weight excluding hydrogens is 198 g/mol.